The highest BCUT2D eigenvalue weighted by molar-refractivity contribution is 9.10. The Kier molecular flexibility index (Phi) is 3.97. The first-order valence-electron chi connectivity index (χ1n) is 6.56. The van der Waals surface area contributed by atoms with E-state index in [0.717, 1.165) is 22.9 Å². The molecule has 0 radical (unpaired) electrons. The Morgan fingerprint density at radius 3 is 2.59 bits per heavy atom. The number of furan rings is 1. The minimum Gasteiger partial charge on any atom is -0.450 e. The number of carbonyl (C=O) groups excluding carboxylic acids is 2. The molecule has 6 heteroatoms. The molecule has 2 amide bonds. The molecular weight excluding hydrogens is 366 g/mol. The van der Waals surface area contributed by atoms with Gasteiger partial charge in [0, 0.05) is 6.08 Å². The van der Waals surface area contributed by atoms with E-state index in [-0.39, 0.29) is 11.1 Å². The van der Waals surface area contributed by atoms with E-state index < -0.39 is 0 Å². The summed E-state index contributed by atoms with van der Waals surface area (Å²) in [6, 6.07) is 9.10. The number of hydrogen-bond acceptors (Lipinski definition) is 4. The summed E-state index contributed by atoms with van der Waals surface area (Å²) in [7, 11) is 0. The van der Waals surface area contributed by atoms with E-state index >= 15 is 0 Å². The molecule has 22 heavy (non-hydrogen) atoms. The van der Waals surface area contributed by atoms with Gasteiger partial charge in [-0.25, -0.2) is 4.90 Å². The van der Waals surface area contributed by atoms with Crippen LogP contribution in [-0.2, 0) is 4.79 Å². The third-order valence-corrected chi connectivity index (χ3v) is 4.55. The van der Waals surface area contributed by atoms with Crippen molar-refractivity contribution >= 4 is 50.6 Å². The molecule has 3 rings (SSSR count). The molecule has 2 heterocycles. The lowest BCUT2D eigenvalue weighted by Gasteiger charge is -2.15. The van der Waals surface area contributed by atoms with E-state index in [2.05, 4.69) is 15.9 Å². The van der Waals surface area contributed by atoms with Crippen LogP contribution < -0.4 is 4.90 Å². The Morgan fingerprint density at radius 1 is 1.18 bits per heavy atom. The van der Waals surface area contributed by atoms with Crippen molar-refractivity contribution in [3.8, 4) is 0 Å². The SMILES string of the molecule is Cc1ccc(N2C(=O)S/C(=C/c3ccc(Br)o3)C2=O)c(C)c1. The molecule has 2 aromatic rings. The molecule has 0 aliphatic carbocycles. The molecule has 1 aliphatic heterocycles. The number of hydrogen-bond donors (Lipinski definition) is 0. The second-order valence-electron chi connectivity index (χ2n) is 4.95. The van der Waals surface area contributed by atoms with Crippen LogP contribution in [-0.4, -0.2) is 11.1 Å². The highest BCUT2D eigenvalue weighted by Crippen LogP contribution is 2.37. The van der Waals surface area contributed by atoms with Gasteiger partial charge in [-0.15, -0.1) is 0 Å². The standard InChI is InChI=1S/C16H12BrNO3S/c1-9-3-5-12(10(2)7-9)18-15(19)13(22-16(18)20)8-11-4-6-14(17)21-11/h3-8H,1-2H3/b13-8+. The molecule has 0 bridgehead atoms. The third-order valence-electron chi connectivity index (χ3n) is 3.25. The van der Waals surface area contributed by atoms with Crippen LogP contribution in [0.2, 0.25) is 0 Å². The van der Waals surface area contributed by atoms with Crippen molar-refractivity contribution in [1.29, 1.82) is 0 Å². The van der Waals surface area contributed by atoms with Gasteiger partial charge in [-0.3, -0.25) is 9.59 Å². The third kappa shape index (κ3) is 2.76. The number of benzene rings is 1. The zero-order chi connectivity index (χ0) is 15.9. The normalized spacial score (nSPS) is 16.9. The summed E-state index contributed by atoms with van der Waals surface area (Å²) in [5.74, 6) is 0.201. The Morgan fingerprint density at radius 2 is 1.95 bits per heavy atom. The maximum Gasteiger partial charge on any atom is 0.298 e. The van der Waals surface area contributed by atoms with Crippen molar-refractivity contribution in [2.45, 2.75) is 13.8 Å². The average molecular weight is 378 g/mol. The molecule has 4 nitrogen and oxygen atoms in total. The first kappa shape index (κ1) is 15.1. The van der Waals surface area contributed by atoms with Crippen molar-refractivity contribution in [1.82, 2.24) is 0 Å². The summed E-state index contributed by atoms with van der Waals surface area (Å²) < 4.78 is 5.93. The number of anilines is 1. The summed E-state index contributed by atoms with van der Waals surface area (Å²) in [6.45, 7) is 3.86. The van der Waals surface area contributed by atoms with Gasteiger partial charge in [-0.05, 0) is 65.3 Å². The lowest BCUT2D eigenvalue weighted by Crippen LogP contribution is -2.28. The zero-order valence-electron chi connectivity index (χ0n) is 11.9. The molecule has 1 fully saturated rings. The molecule has 112 valence electrons. The van der Waals surface area contributed by atoms with Gasteiger partial charge in [0.2, 0.25) is 0 Å². The summed E-state index contributed by atoms with van der Waals surface area (Å²) >= 11 is 4.13. The fourth-order valence-corrected chi connectivity index (χ4v) is 3.40. The van der Waals surface area contributed by atoms with E-state index in [0.29, 0.717) is 21.0 Å². The quantitative estimate of drug-likeness (QED) is 0.698. The molecule has 0 atom stereocenters. The van der Waals surface area contributed by atoms with Crippen molar-refractivity contribution in [2.24, 2.45) is 0 Å². The van der Waals surface area contributed by atoms with Crippen molar-refractivity contribution in [3.05, 3.63) is 56.8 Å². The number of aryl methyl sites for hydroxylation is 2. The molecule has 0 N–H and O–H groups in total. The first-order valence-corrected chi connectivity index (χ1v) is 8.17. The number of halogens is 1. The van der Waals surface area contributed by atoms with Crippen LogP contribution in [0, 0.1) is 13.8 Å². The van der Waals surface area contributed by atoms with Crippen molar-refractivity contribution in [2.75, 3.05) is 4.90 Å². The smallest absolute Gasteiger partial charge is 0.298 e. The van der Waals surface area contributed by atoms with Crippen LogP contribution in [0.3, 0.4) is 0 Å². The highest BCUT2D eigenvalue weighted by atomic mass is 79.9. The fourth-order valence-electron chi connectivity index (χ4n) is 2.27. The van der Waals surface area contributed by atoms with E-state index in [1.165, 1.54) is 4.90 Å². The van der Waals surface area contributed by atoms with Gasteiger partial charge in [0.25, 0.3) is 11.1 Å². The maximum atomic E-state index is 12.5. The van der Waals surface area contributed by atoms with E-state index in [1.807, 2.05) is 26.0 Å². The highest BCUT2D eigenvalue weighted by Gasteiger charge is 2.37. The average Bonchev–Trinajstić information content (AvgIpc) is 2.96. The summed E-state index contributed by atoms with van der Waals surface area (Å²) in [5.41, 5.74) is 2.60. The minimum atomic E-state index is -0.325. The number of thioether (sulfide) groups is 1. The Hall–Kier alpha value is -1.79. The molecule has 0 spiro atoms. The van der Waals surface area contributed by atoms with Gasteiger partial charge in [0.05, 0.1) is 10.6 Å². The van der Waals surface area contributed by atoms with E-state index in [9.17, 15) is 9.59 Å². The first-order chi connectivity index (χ1) is 10.5. The largest absolute Gasteiger partial charge is 0.450 e. The predicted molar refractivity (Wildman–Crippen MR) is 90.8 cm³/mol. The topological polar surface area (TPSA) is 50.5 Å². The Bertz CT molecular complexity index is 809. The predicted octanol–water partition coefficient (Wildman–Crippen LogP) is 4.90. The molecule has 1 saturated heterocycles. The second-order valence-corrected chi connectivity index (χ2v) is 6.72. The van der Waals surface area contributed by atoms with Gasteiger partial charge in [0.1, 0.15) is 5.76 Å². The molecule has 1 aliphatic rings. The van der Waals surface area contributed by atoms with E-state index in [4.69, 9.17) is 4.42 Å². The summed E-state index contributed by atoms with van der Waals surface area (Å²) in [6.07, 6.45) is 1.58. The van der Waals surface area contributed by atoms with Crippen LogP contribution in [0.1, 0.15) is 16.9 Å². The van der Waals surface area contributed by atoms with E-state index in [1.54, 1.807) is 24.3 Å². The number of imide groups is 1. The minimum absolute atomic E-state index is 0.297. The lowest BCUT2D eigenvalue weighted by atomic mass is 10.1. The molecule has 1 aromatic heterocycles. The molecular formula is C16H12BrNO3S. The fraction of sp³-hybridized carbons (Fsp3) is 0.125. The Labute approximate surface area is 140 Å². The van der Waals surface area contributed by atoms with Gasteiger partial charge in [-0.2, -0.15) is 0 Å². The van der Waals surface area contributed by atoms with Gasteiger partial charge in [0.15, 0.2) is 4.67 Å². The number of amides is 2. The Balaban J connectivity index is 1.96. The number of nitrogens with zero attached hydrogens (tertiary/aromatic N) is 1. The lowest BCUT2D eigenvalue weighted by molar-refractivity contribution is -0.113. The van der Waals surface area contributed by atoms with Gasteiger partial charge in [-0.1, -0.05) is 17.7 Å². The maximum absolute atomic E-state index is 12.5. The number of rotatable bonds is 2. The summed E-state index contributed by atoms with van der Waals surface area (Å²) in [5, 5.41) is -0.297. The zero-order valence-corrected chi connectivity index (χ0v) is 14.3. The number of carbonyl (C=O) groups is 2. The molecule has 1 aromatic carbocycles. The van der Waals surface area contributed by atoms with Crippen LogP contribution in [0.5, 0.6) is 0 Å². The molecule has 0 saturated carbocycles. The van der Waals surface area contributed by atoms with Gasteiger partial charge >= 0.3 is 0 Å². The van der Waals surface area contributed by atoms with Crippen LogP contribution in [0.4, 0.5) is 10.5 Å². The monoisotopic (exact) mass is 377 g/mol. The van der Waals surface area contributed by atoms with Crippen LogP contribution in [0.25, 0.3) is 6.08 Å². The van der Waals surface area contributed by atoms with Crippen molar-refractivity contribution < 1.29 is 14.0 Å². The molecule has 0 unspecified atom stereocenters. The summed E-state index contributed by atoms with van der Waals surface area (Å²) in [4.78, 5) is 26.3. The van der Waals surface area contributed by atoms with Crippen LogP contribution in [0.15, 0.2) is 44.3 Å². The van der Waals surface area contributed by atoms with Gasteiger partial charge < -0.3 is 4.42 Å². The van der Waals surface area contributed by atoms with Crippen molar-refractivity contribution in [3.63, 3.8) is 0 Å². The second kappa shape index (κ2) is 5.78. The van der Waals surface area contributed by atoms with Crippen LogP contribution >= 0.6 is 27.7 Å².